The van der Waals surface area contributed by atoms with E-state index in [2.05, 4.69) is 22.4 Å². The molecule has 64 valence electrons. The van der Waals surface area contributed by atoms with Crippen LogP contribution in [0.15, 0.2) is 27.7 Å². The summed E-state index contributed by atoms with van der Waals surface area (Å²) in [6.07, 6.45) is 0. The molecule has 0 saturated carbocycles. The average molecular weight is 184 g/mol. The molecule has 0 aliphatic heterocycles. The van der Waals surface area contributed by atoms with Crippen molar-refractivity contribution in [1.82, 2.24) is 5.16 Å². The van der Waals surface area contributed by atoms with E-state index in [0.717, 1.165) is 0 Å². The summed E-state index contributed by atoms with van der Waals surface area (Å²) in [5.41, 5.74) is 0.892. The van der Waals surface area contributed by atoms with E-state index in [-0.39, 0.29) is 7.43 Å². The molecular weight excluding hydrogens is 176 g/mol. The zero-order valence-corrected chi connectivity index (χ0v) is 6.28. The molecule has 2 rings (SSSR count). The fourth-order valence-electron chi connectivity index (χ4n) is 0.882. The van der Waals surface area contributed by atoms with Gasteiger partial charge < -0.3 is 5.21 Å². The summed E-state index contributed by atoms with van der Waals surface area (Å²) in [7, 11) is 0. The largest absolute Gasteiger partial charge is 0.359 e. The molecule has 5 heteroatoms. The summed E-state index contributed by atoms with van der Waals surface area (Å²) >= 11 is 4.09. The monoisotopic (exact) mass is 184 g/mol. The quantitative estimate of drug-likeness (QED) is 0.497. The summed E-state index contributed by atoms with van der Waals surface area (Å²) in [4.78, 5) is 0.996. The summed E-state index contributed by atoms with van der Waals surface area (Å²) in [6.45, 7) is 0. The third-order valence-corrected chi connectivity index (χ3v) is 1.76. The highest BCUT2D eigenvalue weighted by atomic mass is 32.1. The van der Waals surface area contributed by atoms with Gasteiger partial charge in [0.25, 0.3) is 5.52 Å². The summed E-state index contributed by atoms with van der Waals surface area (Å²) < 4.78 is 4.36. The van der Waals surface area contributed by atoms with E-state index in [1.165, 1.54) is 0 Å². The normalized spacial score (nSPS) is 9.75. The molecule has 0 unspecified atom stereocenters. The van der Waals surface area contributed by atoms with Gasteiger partial charge in [-0.05, 0) is 17.0 Å². The maximum Gasteiger partial charge on any atom is 0.261 e. The molecule has 12 heavy (non-hydrogen) atoms. The lowest BCUT2D eigenvalue weighted by Crippen LogP contribution is -2.22. The second-order valence-corrected chi connectivity index (χ2v) is 2.56. The fraction of sp³-hybridized carbons (Fsp3) is 0.143. The number of thiol groups is 1. The number of benzene rings is 1. The molecule has 4 nitrogen and oxygen atoms in total. The van der Waals surface area contributed by atoms with E-state index < -0.39 is 0 Å². The SMILES string of the molecule is C.[O-][n+]1onc2c(S)cccc21. The number of rotatable bonds is 0. The van der Waals surface area contributed by atoms with Crippen molar-refractivity contribution in [2.75, 3.05) is 0 Å². The first-order valence-electron chi connectivity index (χ1n) is 2.96. The topological polar surface area (TPSA) is 53.0 Å². The predicted octanol–water partition coefficient (Wildman–Crippen LogP) is 1.39. The first-order valence-corrected chi connectivity index (χ1v) is 3.41. The second-order valence-electron chi connectivity index (χ2n) is 2.07. The molecule has 0 fully saturated rings. The number of nitrogens with zero attached hydrogens (tertiary/aromatic N) is 2. The minimum atomic E-state index is 0. The lowest BCUT2D eigenvalue weighted by molar-refractivity contribution is -0.782. The van der Waals surface area contributed by atoms with Crippen molar-refractivity contribution in [1.29, 1.82) is 0 Å². The van der Waals surface area contributed by atoms with Crippen LogP contribution in [0.2, 0.25) is 0 Å². The van der Waals surface area contributed by atoms with Crippen LogP contribution in [-0.4, -0.2) is 5.16 Å². The highest BCUT2D eigenvalue weighted by molar-refractivity contribution is 7.80. The molecule has 0 aliphatic carbocycles. The van der Waals surface area contributed by atoms with Crippen LogP contribution in [0.4, 0.5) is 0 Å². The summed E-state index contributed by atoms with van der Waals surface area (Å²) in [5.74, 6) is 0. The minimum Gasteiger partial charge on any atom is -0.359 e. The lowest BCUT2D eigenvalue weighted by Gasteiger charge is -1.86. The van der Waals surface area contributed by atoms with Crippen LogP contribution in [0.3, 0.4) is 0 Å². The zero-order valence-electron chi connectivity index (χ0n) is 5.39. The Balaban J connectivity index is 0.000000720. The molecule has 1 aromatic heterocycles. The van der Waals surface area contributed by atoms with Crippen molar-refractivity contribution in [2.24, 2.45) is 0 Å². The van der Waals surface area contributed by atoms with Crippen LogP contribution >= 0.6 is 12.6 Å². The van der Waals surface area contributed by atoms with Crippen molar-refractivity contribution in [3.8, 4) is 0 Å². The van der Waals surface area contributed by atoms with Crippen LogP contribution < -0.4 is 4.90 Å². The maximum absolute atomic E-state index is 10.8. The first-order chi connectivity index (χ1) is 5.29. The Morgan fingerprint density at radius 1 is 1.50 bits per heavy atom. The third kappa shape index (κ3) is 1.12. The molecule has 0 aliphatic rings. The number of aromatic nitrogens is 2. The van der Waals surface area contributed by atoms with Gasteiger partial charge in [-0.15, -0.1) is 12.6 Å². The highest BCUT2D eigenvalue weighted by Crippen LogP contribution is 2.15. The molecule has 0 spiro atoms. The van der Waals surface area contributed by atoms with E-state index in [4.69, 9.17) is 0 Å². The lowest BCUT2D eigenvalue weighted by atomic mass is 10.3. The number of hydrogen-bond acceptors (Lipinski definition) is 4. The predicted molar refractivity (Wildman–Crippen MR) is 47.0 cm³/mol. The molecule has 0 N–H and O–H groups in total. The van der Waals surface area contributed by atoms with Crippen LogP contribution in [-0.2, 0) is 0 Å². The van der Waals surface area contributed by atoms with Gasteiger partial charge in [-0.25, -0.2) is 0 Å². The maximum atomic E-state index is 10.8. The van der Waals surface area contributed by atoms with Crippen LogP contribution in [0.5, 0.6) is 0 Å². The summed E-state index contributed by atoms with van der Waals surface area (Å²) in [5, 5.41) is 14.3. The van der Waals surface area contributed by atoms with Gasteiger partial charge in [0, 0.05) is 5.16 Å². The van der Waals surface area contributed by atoms with Gasteiger partial charge in [0.05, 0.1) is 4.90 Å². The van der Waals surface area contributed by atoms with Crippen molar-refractivity contribution < 1.29 is 9.53 Å². The van der Waals surface area contributed by atoms with Gasteiger partial charge >= 0.3 is 0 Å². The van der Waals surface area contributed by atoms with Gasteiger partial charge in [0.1, 0.15) is 0 Å². The average Bonchev–Trinajstić information content (AvgIpc) is 2.35. The smallest absolute Gasteiger partial charge is 0.261 e. The molecule has 0 atom stereocenters. The number of fused-ring (bicyclic) bond motifs is 1. The van der Waals surface area contributed by atoms with E-state index in [1.54, 1.807) is 18.2 Å². The Bertz CT molecular complexity index is 399. The molecule has 0 amide bonds. The van der Waals surface area contributed by atoms with E-state index >= 15 is 0 Å². The minimum absolute atomic E-state index is 0. The molecule has 2 aromatic rings. The van der Waals surface area contributed by atoms with Gasteiger partial charge in [0.15, 0.2) is 0 Å². The molecule has 1 aromatic carbocycles. The molecular formula is C7H8N2O2S. The van der Waals surface area contributed by atoms with E-state index in [9.17, 15) is 5.21 Å². The van der Waals surface area contributed by atoms with Crippen molar-refractivity contribution >= 4 is 23.7 Å². The Morgan fingerprint density at radius 2 is 2.25 bits per heavy atom. The van der Waals surface area contributed by atoms with Crippen molar-refractivity contribution in [3.63, 3.8) is 0 Å². The van der Waals surface area contributed by atoms with E-state index in [1.807, 2.05) is 0 Å². The molecule has 0 saturated heterocycles. The Kier molecular flexibility index (Phi) is 2.23. The van der Waals surface area contributed by atoms with Gasteiger partial charge in [-0.1, -0.05) is 13.5 Å². The van der Waals surface area contributed by atoms with Gasteiger partial charge in [-0.2, -0.15) is 0 Å². The molecule has 0 bridgehead atoms. The molecule has 1 heterocycles. The van der Waals surface area contributed by atoms with Gasteiger partial charge in [-0.3, -0.25) is 4.63 Å². The van der Waals surface area contributed by atoms with Crippen LogP contribution in [0.25, 0.3) is 11.0 Å². The third-order valence-electron chi connectivity index (χ3n) is 1.40. The van der Waals surface area contributed by atoms with E-state index in [0.29, 0.717) is 20.8 Å². The summed E-state index contributed by atoms with van der Waals surface area (Å²) in [6, 6.07) is 5.09. The Labute approximate surface area is 74.7 Å². The first kappa shape index (κ1) is 8.86. The van der Waals surface area contributed by atoms with Gasteiger partial charge in [0.2, 0.25) is 5.52 Å². The standard InChI is InChI=1S/C6H4N2O2S.CH4/c9-8-4-2-1-3-5(11)6(4)7-10-8;/h1-3,11H;1H4. The second kappa shape index (κ2) is 3.02. The Morgan fingerprint density at radius 3 is 2.92 bits per heavy atom. The van der Waals surface area contributed by atoms with Crippen LogP contribution in [0.1, 0.15) is 7.43 Å². The van der Waals surface area contributed by atoms with Crippen molar-refractivity contribution in [3.05, 3.63) is 23.4 Å². The Hall–Kier alpha value is -1.23. The zero-order chi connectivity index (χ0) is 7.84. The van der Waals surface area contributed by atoms with Crippen molar-refractivity contribution in [2.45, 2.75) is 12.3 Å². The molecule has 0 radical (unpaired) electrons. The number of hydrogen-bond donors (Lipinski definition) is 1. The fourth-order valence-corrected chi connectivity index (χ4v) is 1.12. The highest BCUT2D eigenvalue weighted by Gasteiger charge is 2.10. The van der Waals surface area contributed by atoms with Crippen LogP contribution in [0, 0.1) is 5.21 Å².